The van der Waals surface area contributed by atoms with E-state index < -0.39 is 0 Å². The standard InChI is InChI=1S/C15H22O.5CO.W/c1-2-3-4-5-6-10-13-16-14-15-11-8-7-9-12-15;5*1-2;/h7-9,11-12H,2-6,10,13H2,1H3;;;;;;. The van der Waals surface area contributed by atoms with Crippen LogP contribution in [-0.4, -0.2) is 40.6 Å². The molecule has 0 amide bonds. The summed E-state index contributed by atoms with van der Waals surface area (Å²) in [6, 6.07) is 9.99. The van der Waals surface area contributed by atoms with E-state index in [-0.39, 0.29) is 21.1 Å². The zero-order valence-corrected chi connectivity index (χ0v) is 18.1. The van der Waals surface area contributed by atoms with Gasteiger partial charge in [-0.1, -0.05) is 69.4 Å². The van der Waals surface area contributed by atoms with Gasteiger partial charge >= 0.3 is 0 Å². The Morgan fingerprint density at radius 1 is 0.704 bits per heavy atom. The van der Waals surface area contributed by atoms with E-state index in [9.17, 15) is 0 Å². The number of hydrogen-bond donors (Lipinski definition) is 0. The average molecular weight is 542 g/mol. The molecule has 0 atom stereocenters. The van der Waals surface area contributed by atoms with Crippen molar-refractivity contribution in [2.45, 2.75) is 45.4 Å². The fraction of sp³-hybridized carbons (Fsp3) is 0.400. The topological polar surface area (TPSA) is 94.6 Å². The maximum atomic E-state index is 7.50. The monoisotopic (exact) mass is 542 g/mol. The Morgan fingerprint density at radius 2 is 1.11 bits per heavy atom. The summed E-state index contributed by atoms with van der Waals surface area (Å²) in [5, 5.41) is 0. The second-order valence-electron chi connectivity index (χ2n) is 4.08. The second kappa shape index (κ2) is 56.4. The molecule has 0 spiro atoms. The normalized spacial score (nSPS) is 7.00. The van der Waals surface area contributed by atoms with Gasteiger partial charge in [-0.25, -0.2) is 0 Å². The third-order valence-corrected chi connectivity index (χ3v) is 2.56. The number of benzene rings is 1. The van der Waals surface area contributed by atoms with Crippen molar-refractivity contribution in [3.05, 3.63) is 42.5 Å². The fourth-order valence-electron chi connectivity index (χ4n) is 1.60. The number of carbonyl (C=O) groups excluding carboxylic acids is 5. The van der Waals surface area contributed by atoms with Crippen LogP contribution in [0, 0.1) is 6.61 Å². The molecule has 0 saturated heterocycles. The molecule has 0 aromatic heterocycles. The van der Waals surface area contributed by atoms with Gasteiger partial charge in [-0.2, -0.15) is 0 Å². The Bertz CT molecular complexity index is 316. The molecule has 0 saturated carbocycles. The number of unbranched alkanes of at least 4 members (excludes halogenated alkanes) is 5. The molecule has 0 fully saturated rings. The molecule has 0 unspecified atom stereocenters. The van der Waals surface area contributed by atoms with Crippen LogP contribution in [0.1, 0.15) is 51.0 Å². The van der Waals surface area contributed by atoms with Crippen molar-refractivity contribution in [2.24, 2.45) is 0 Å². The SMILES string of the molecule is CCCCCCCCO[C]c1ccccc1.[C]=O.[C]=O.[C]=O.[C]=O.[C]=O.[W]. The summed E-state index contributed by atoms with van der Waals surface area (Å²) in [5.74, 6) is 0. The van der Waals surface area contributed by atoms with Crippen molar-refractivity contribution in [1.82, 2.24) is 0 Å². The molecule has 1 aromatic carbocycles. The van der Waals surface area contributed by atoms with Crippen LogP contribution in [0.25, 0.3) is 0 Å². The van der Waals surface area contributed by atoms with Crippen molar-refractivity contribution in [1.29, 1.82) is 0 Å². The minimum atomic E-state index is 0. The summed E-state index contributed by atoms with van der Waals surface area (Å²) in [4.78, 5) is 37.5. The van der Waals surface area contributed by atoms with Crippen LogP contribution in [0.3, 0.4) is 0 Å². The van der Waals surface area contributed by atoms with Crippen molar-refractivity contribution in [3.8, 4) is 0 Å². The largest absolute Gasteiger partial charge is 0.363 e. The Hall–Kier alpha value is -1.78. The summed E-state index contributed by atoms with van der Waals surface area (Å²) in [6.07, 6.45) is 7.79. The van der Waals surface area contributed by atoms with E-state index in [2.05, 4.69) is 47.5 Å². The molecule has 12 radical (unpaired) electrons. The summed E-state index contributed by atoms with van der Waals surface area (Å²) < 4.78 is 5.38. The predicted molar refractivity (Wildman–Crippen MR) is 96.6 cm³/mol. The molecule has 7 heteroatoms. The maximum absolute atomic E-state index is 7.50. The zero-order chi connectivity index (χ0) is 21.5. The van der Waals surface area contributed by atoms with Gasteiger partial charge in [0.25, 0.3) is 33.9 Å². The Morgan fingerprint density at radius 3 is 1.56 bits per heavy atom. The van der Waals surface area contributed by atoms with Gasteiger partial charge in [0.05, 0.1) is 0 Å². The Kier molecular flexibility index (Phi) is 83.6. The molecular weight excluding hydrogens is 520 g/mol. The molecule has 27 heavy (non-hydrogen) atoms. The van der Waals surface area contributed by atoms with Crippen LogP contribution in [0.5, 0.6) is 0 Å². The molecule has 1 rings (SSSR count). The molecule has 0 aliphatic carbocycles. The minimum absolute atomic E-state index is 0. The molecule has 0 heterocycles. The van der Waals surface area contributed by atoms with E-state index in [0.717, 1.165) is 18.6 Å². The van der Waals surface area contributed by atoms with Crippen LogP contribution in [0.2, 0.25) is 0 Å². The van der Waals surface area contributed by atoms with Gasteiger partial charge in [-0.3, -0.25) is 24.0 Å². The van der Waals surface area contributed by atoms with E-state index in [0.29, 0.717) is 0 Å². The van der Waals surface area contributed by atoms with Crippen LogP contribution in [0.4, 0.5) is 0 Å². The summed E-state index contributed by atoms with van der Waals surface area (Å²) >= 11 is 0. The molecule has 0 N–H and O–H groups in total. The van der Waals surface area contributed by atoms with Gasteiger partial charge in [-0.15, -0.1) is 0 Å². The van der Waals surface area contributed by atoms with Gasteiger partial charge in [-0.05, 0) is 12.0 Å². The smallest absolute Gasteiger partial charge is 0.281 e. The maximum Gasteiger partial charge on any atom is 0.281 e. The first kappa shape index (κ1) is 40.0. The Labute approximate surface area is 178 Å². The van der Waals surface area contributed by atoms with E-state index >= 15 is 0 Å². The van der Waals surface area contributed by atoms with Gasteiger partial charge in [0.1, 0.15) is 0 Å². The average Bonchev–Trinajstić information content (AvgIpc) is 2.78. The predicted octanol–water partition coefficient (Wildman–Crippen LogP) is 2.46. The van der Waals surface area contributed by atoms with E-state index in [1.165, 1.54) is 32.1 Å². The van der Waals surface area contributed by atoms with E-state index in [1.54, 1.807) is 0 Å². The van der Waals surface area contributed by atoms with Gasteiger partial charge in [0.2, 0.25) is 0 Å². The molecule has 0 bridgehead atoms. The quantitative estimate of drug-likeness (QED) is 0.446. The molecule has 0 aliphatic heterocycles. The first-order valence-electron chi connectivity index (χ1n) is 7.38. The van der Waals surface area contributed by atoms with Crippen LogP contribution in [0.15, 0.2) is 30.3 Å². The van der Waals surface area contributed by atoms with Crippen LogP contribution < -0.4 is 0 Å². The first-order chi connectivity index (χ1) is 12.9. The molecule has 6 nitrogen and oxygen atoms in total. The fourth-order valence-corrected chi connectivity index (χ4v) is 1.60. The van der Waals surface area contributed by atoms with Crippen molar-refractivity contribution in [3.63, 3.8) is 0 Å². The molecule has 144 valence electrons. The third kappa shape index (κ3) is 45.5. The summed E-state index contributed by atoms with van der Waals surface area (Å²) in [5.41, 5.74) is 1.02. The Balaban J connectivity index is -0.0000000869. The van der Waals surface area contributed by atoms with Gasteiger partial charge < -0.3 is 4.74 Å². The van der Waals surface area contributed by atoms with Crippen molar-refractivity contribution >= 4 is 33.9 Å². The van der Waals surface area contributed by atoms with Crippen molar-refractivity contribution in [2.75, 3.05) is 6.61 Å². The zero-order valence-electron chi connectivity index (χ0n) is 15.2. The number of ether oxygens (including phenoxy) is 1. The van der Waals surface area contributed by atoms with E-state index in [1.807, 2.05) is 30.3 Å². The van der Waals surface area contributed by atoms with Crippen LogP contribution in [-0.2, 0) is 49.8 Å². The number of rotatable bonds is 9. The summed E-state index contributed by atoms with van der Waals surface area (Å²) in [7, 11) is 0. The minimum Gasteiger partial charge on any atom is -0.363 e. The summed E-state index contributed by atoms with van der Waals surface area (Å²) in [6.45, 7) is 28.5. The first-order valence-corrected chi connectivity index (χ1v) is 7.38. The third-order valence-electron chi connectivity index (χ3n) is 2.56. The second-order valence-corrected chi connectivity index (χ2v) is 4.08. The van der Waals surface area contributed by atoms with E-state index in [4.69, 9.17) is 28.7 Å². The van der Waals surface area contributed by atoms with Gasteiger partial charge in [0.15, 0.2) is 6.61 Å². The van der Waals surface area contributed by atoms with Crippen LogP contribution >= 0.6 is 0 Å². The molecule has 0 aliphatic rings. The number of hydrogen-bond acceptors (Lipinski definition) is 6. The van der Waals surface area contributed by atoms with Gasteiger partial charge in [0, 0.05) is 27.7 Å². The molecular formula is C20H22O6W. The molecule has 1 aromatic rings. The van der Waals surface area contributed by atoms with Crippen molar-refractivity contribution < 1.29 is 49.8 Å².